The lowest BCUT2D eigenvalue weighted by Crippen LogP contribution is -2.48. The van der Waals surface area contributed by atoms with Crippen molar-refractivity contribution in [1.82, 2.24) is 20.2 Å². The van der Waals surface area contributed by atoms with Gasteiger partial charge in [0, 0.05) is 17.9 Å². The highest BCUT2D eigenvalue weighted by atomic mass is 32.2. The first-order valence-corrected chi connectivity index (χ1v) is 8.59. The van der Waals surface area contributed by atoms with E-state index in [0.29, 0.717) is 5.16 Å². The van der Waals surface area contributed by atoms with E-state index in [1.54, 1.807) is 6.20 Å². The van der Waals surface area contributed by atoms with Gasteiger partial charge in [0.1, 0.15) is 0 Å². The van der Waals surface area contributed by atoms with Gasteiger partial charge in [-0.3, -0.25) is 14.7 Å². The summed E-state index contributed by atoms with van der Waals surface area (Å²) in [5.74, 6) is -0.249. The highest BCUT2D eigenvalue weighted by Gasteiger charge is 2.16. The SMILES string of the molecule is Cc1ccccc1-n1ccnc1SCC(=O)NC(=O)NC(C)(C)C. The van der Waals surface area contributed by atoms with E-state index in [4.69, 9.17) is 0 Å². The van der Waals surface area contributed by atoms with Gasteiger partial charge in [-0.05, 0) is 39.3 Å². The van der Waals surface area contributed by atoms with E-state index in [1.165, 1.54) is 11.8 Å². The Hall–Kier alpha value is -2.28. The van der Waals surface area contributed by atoms with Gasteiger partial charge >= 0.3 is 6.03 Å². The second kappa shape index (κ2) is 7.53. The molecule has 3 amide bonds. The third-order valence-electron chi connectivity index (χ3n) is 3.06. The van der Waals surface area contributed by atoms with Crippen LogP contribution in [-0.4, -0.2) is 32.8 Å². The Labute approximate surface area is 146 Å². The van der Waals surface area contributed by atoms with Crippen molar-refractivity contribution in [2.75, 3.05) is 5.75 Å². The van der Waals surface area contributed by atoms with Crippen LogP contribution in [-0.2, 0) is 4.79 Å². The lowest BCUT2D eigenvalue weighted by molar-refractivity contribution is -0.117. The summed E-state index contributed by atoms with van der Waals surface area (Å²) in [5, 5.41) is 5.71. The molecule has 0 saturated carbocycles. The lowest BCUT2D eigenvalue weighted by Gasteiger charge is -2.20. The smallest absolute Gasteiger partial charge is 0.321 e. The van der Waals surface area contributed by atoms with Crippen molar-refractivity contribution in [2.45, 2.75) is 38.4 Å². The quantitative estimate of drug-likeness (QED) is 0.835. The number of carbonyl (C=O) groups is 2. The van der Waals surface area contributed by atoms with Crippen LogP contribution in [0, 0.1) is 6.92 Å². The molecule has 0 aliphatic heterocycles. The molecule has 0 atom stereocenters. The van der Waals surface area contributed by atoms with E-state index in [1.807, 2.05) is 62.7 Å². The summed E-state index contributed by atoms with van der Waals surface area (Å²) in [6.45, 7) is 7.58. The molecule has 7 heteroatoms. The summed E-state index contributed by atoms with van der Waals surface area (Å²) >= 11 is 1.29. The Morgan fingerprint density at radius 2 is 1.96 bits per heavy atom. The molecule has 2 N–H and O–H groups in total. The summed E-state index contributed by atoms with van der Waals surface area (Å²) in [6.07, 6.45) is 3.55. The number of thioether (sulfide) groups is 1. The summed E-state index contributed by atoms with van der Waals surface area (Å²) in [4.78, 5) is 27.9. The van der Waals surface area contributed by atoms with Gasteiger partial charge < -0.3 is 5.32 Å². The zero-order chi connectivity index (χ0) is 17.7. The molecule has 0 radical (unpaired) electrons. The average Bonchev–Trinajstić information content (AvgIpc) is 2.91. The predicted octanol–water partition coefficient (Wildman–Crippen LogP) is 2.90. The van der Waals surface area contributed by atoms with E-state index >= 15 is 0 Å². The number of rotatable bonds is 4. The third-order valence-corrected chi connectivity index (χ3v) is 4.02. The highest BCUT2D eigenvalue weighted by molar-refractivity contribution is 7.99. The molecule has 2 rings (SSSR count). The minimum absolute atomic E-state index is 0.112. The fraction of sp³-hybridized carbons (Fsp3) is 0.353. The fourth-order valence-corrected chi connectivity index (χ4v) is 2.84. The van der Waals surface area contributed by atoms with Gasteiger partial charge in [-0.25, -0.2) is 9.78 Å². The van der Waals surface area contributed by atoms with Gasteiger partial charge in [0.2, 0.25) is 5.91 Å². The minimum Gasteiger partial charge on any atom is -0.333 e. The zero-order valence-corrected chi connectivity index (χ0v) is 15.1. The largest absolute Gasteiger partial charge is 0.333 e. The van der Waals surface area contributed by atoms with E-state index in [2.05, 4.69) is 15.6 Å². The van der Waals surface area contributed by atoms with Gasteiger partial charge in [0.25, 0.3) is 0 Å². The van der Waals surface area contributed by atoms with Gasteiger partial charge in [0.05, 0.1) is 11.4 Å². The molecule has 0 spiro atoms. The first-order chi connectivity index (χ1) is 11.3. The van der Waals surface area contributed by atoms with Crippen LogP contribution in [0.15, 0.2) is 41.8 Å². The second-order valence-electron chi connectivity index (χ2n) is 6.41. The van der Waals surface area contributed by atoms with Gasteiger partial charge in [-0.1, -0.05) is 30.0 Å². The Kier molecular flexibility index (Phi) is 5.66. The molecule has 0 unspecified atom stereocenters. The minimum atomic E-state index is -0.490. The maximum absolute atomic E-state index is 11.9. The Balaban J connectivity index is 1.96. The molecule has 0 aliphatic rings. The Morgan fingerprint density at radius 3 is 2.62 bits per heavy atom. The van der Waals surface area contributed by atoms with Gasteiger partial charge in [-0.2, -0.15) is 0 Å². The van der Waals surface area contributed by atoms with Crippen LogP contribution in [0.4, 0.5) is 4.79 Å². The van der Waals surface area contributed by atoms with Gasteiger partial charge in [-0.15, -0.1) is 0 Å². The number of hydrogen-bond donors (Lipinski definition) is 2. The van der Waals surface area contributed by atoms with Crippen molar-refractivity contribution in [3.63, 3.8) is 0 Å². The normalized spacial score (nSPS) is 11.2. The van der Waals surface area contributed by atoms with Crippen molar-refractivity contribution in [1.29, 1.82) is 0 Å². The standard InChI is InChI=1S/C17H22N4O2S/c1-12-7-5-6-8-13(12)21-10-9-18-16(21)24-11-14(22)19-15(23)20-17(2,3)4/h5-10H,11H2,1-4H3,(H2,19,20,22,23). The van der Waals surface area contributed by atoms with Crippen molar-refractivity contribution in [2.24, 2.45) is 0 Å². The summed E-state index contributed by atoms with van der Waals surface area (Å²) < 4.78 is 1.93. The fourth-order valence-electron chi connectivity index (χ4n) is 2.08. The van der Waals surface area contributed by atoms with Crippen LogP contribution in [0.25, 0.3) is 5.69 Å². The van der Waals surface area contributed by atoms with Crippen LogP contribution in [0.2, 0.25) is 0 Å². The molecule has 0 aliphatic carbocycles. The van der Waals surface area contributed by atoms with E-state index in [0.717, 1.165) is 11.3 Å². The maximum atomic E-state index is 11.9. The predicted molar refractivity (Wildman–Crippen MR) is 95.5 cm³/mol. The molecule has 1 aromatic carbocycles. The Morgan fingerprint density at radius 1 is 1.25 bits per heavy atom. The zero-order valence-electron chi connectivity index (χ0n) is 14.3. The van der Waals surface area contributed by atoms with Crippen molar-refractivity contribution >= 4 is 23.7 Å². The molecule has 128 valence electrons. The molecule has 0 fully saturated rings. The first kappa shape index (κ1) is 18.1. The molecule has 1 heterocycles. The summed E-state index contributed by atoms with van der Waals surface area (Å²) in [5.41, 5.74) is 1.74. The third kappa shape index (κ3) is 5.13. The van der Waals surface area contributed by atoms with Crippen LogP contribution in [0.1, 0.15) is 26.3 Å². The molecule has 1 aromatic heterocycles. The highest BCUT2D eigenvalue weighted by Crippen LogP contribution is 2.22. The van der Waals surface area contributed by atoms with E-state index in [-0.39, 0.29) is 11.7 Å². The molecule has 24 heavy (non-hydrogen) atoms. The van der Waals surface area contributed by atoms with Crippen LogP contribution in [0.5, 0.6) is 0 Å². The molecular formula is C17H22N4O2S. The lowest BCUT2D eigenvalue weighted by atomic mass is 10.1. The number of para-hydroxylation sites is 1. The number of aryl methyl sites for hydroxylation is 1. The molecule has 6 nitrogen and oxygen atoms in total. The van der Waals surface area contributed by atoms with Crippen LogP contribution < -0.4 is 10.6 Å². The number of hydrogen-bond acceptors (Lipinski definition) is 4. The molecule has 2 aromatic rings. The molecule has 0 bridgehead atoms. The van der Waals surface area contributed by atoms with Crippen molar-refractivity contribution in [3.8, 4) is 5.69 Å². The number of nitrogens with one attached hydrogen (secondary N) is 2. The average molecular weight is 346 g/mol. The molecule has 0 saturated heterocycles. The number of imide groups is 1. The number of carbonyl (C=O) groups excluding carboxylic acids is 2. The van der Waals surface area contributed by atoms with Crippen molar-refractivity contribution in [3.05, 3.63) is 42.2 Å². The number of urea groups is 1. The van der Waals surface area contributed by atoms with Crippen molar-refractivity contribution < 1.29 is 9.59 Å². The van der Waals surface area contributed by atoms with Crippen LogP contribution >= 0.6 is 11.8 Å². The summed E-state index contributed by atoms with van der Waals surface area (Å²) in [7, 11) is 0. The van der Waals surface area contributed by atoms with E-state index in [9.17, 15) is 9.59 Å². The second-order valence-corrected chi connectivity index (χ2v) is 7.35. The first-order valence-electron chi connectivity index (χ1n) is 7.60. The number of amides is 3. The van der Waals surface area contributed by atoms with Crippen LogP contribution in [0.3, 0.4) is 0 Å². The maximum Gasteiger partial charge on any atom is 0.321 e. The molecular weight excluding hydrogens is 324 g/mol. The monoisotopic (exact) mass is 346 g/mol. The summed E-state index contributed by atoms with van der Waals surface area (Å²) in [6, 6.07) is 7.46. The number of aromatic nitrogens is 2. The number of imidazole rings is 1. The van der Waals surface area contributed by atoms with Gasteiger partial charge in [0.15, 0.2) is 5.16 Å². The number of benzene rings is 1. The Bertz CT molecular complexity index is 734. The number of nitrogens with zero attached hydrogens (tertiary/aromatic N) is 2. The topological polar surface area (TPSA) is 76.0 Å². The van der Waals surface area contributed by atoms with E-state index < -0.39 is 11.6 Å².